The summed E-state index contributed by atoms with van der Waals surface area (Å²) in [4.78, 5) is 6.49. The van der Waals surface area contributed by atoms with E-state index in [0.717, 1.165) is 19.5 Å². The van der Waals surface area contributed by atoms with Gasteiger partial charge in [0.2, 0.25) is 0 Å². The highest BCUT2D eigenvalue weighted by molar-refractivity contribution is 5.46. The second-order valence-electron chi connectivity index (χ2n) is 3.77. The molecule has 1 saturated heterocycles. The van der Waals surface area contributed by atoms with Gasteiger partial charge < -0.3 is 10.6 Å². The minimum absolute atomic E-state index is 0.641. The molecule has 2 rings (SSSR count). The van der Waals surface area contributed by atoms with E-state index in [0.29, 0.717) is 6.04 Å². The molecule has 3 nitrogen and oxygen atoms in total. The third-order valence-electron chi connectivity index (χ3n) is 2.87. The van der Waals surface area contributed by atoms with Gasteiger partial charge in [-0.15, -0.1) is 0 Å². The van der Waals surface area contributed by atoms with Crippen LogP contribution in [0.25, 0.3) is 0 Å². The Labute approximate surface area is 84.9 Å². The number of aromatic nitrogens is 1. The van der Waals surface area contributed by atoms with Gasteiger partial charge in [-0.1, -0.05) is 0 Å². The summed E-state index contributed by atoms with van der Waals surface area (Å²) in [6, 6.07) is 4.80. The van der Waals surface area contributed by atoms with Crippen LogP contribution >= 0.6 is 0 Å². The van der Waals surface area contributed by atoms with E-state index in [2.05, 4.69) is 22.0 Å². The first-order valence-electron chi connectivity index (χ1n) is 5.28. The normalized spacial score (nSPS) is 21.5. The molecule has 14 heavy (non-hydrogen) atoms. The fraction of sp³-hybridized carbons (Fsp3) is 0.545. The molecule has 1 aromatic heterocycles. The van der Waals surface area contributed by atoms with Gasteiger partial charge in [0.05, 0.1) is 0 Å². The average Bonchev–Trinajstić information content (AvgIpc) is 2.68. The number of hydrogen-bond donors (Lipinski definition) is 1. The molecule has 0 amide bonds. The molecular weight excluding hydrogens is 174 g/mol. The maximum atomic E-state index is 5.61. The highest BCUT2D eigenvalue weighted by Gasteiger charge is 2.23. The summed E-state index contributed by atoms with van der Waals surface area (Å²) in [5.41, 5.74) is 6.90. The molecule has 2 N–H and O–H groups in total. The van der Waals surface area contributed by atoms with Crippen molar-refractivity contribution in [3.05, 3.63) is 24.5 Å². The summed E-state index contributed by atoms with van der Waals surface area (Å²) in [6.07, 6.45) is 7.37. The lowest BCUT2D eigenvalue weighted by atomic mass is 10.1. The Bertz CT molecular complexity index is 273. The lowest BCUT2D eigenvalue weighted by Gasteiger charge is -2.26. The predicted molar refractivity (Wildman–Crippen MR) is 58.3 cm³/mol. The monoisotopic (exact) mass is 191 g/mol. The average molecular weight is 191 g/mol. The van der Waals surface area contributed by atoms with Gasteiger partial charge in [0.1, 0.15) is 0 Å². The van der Waals surface area contributed by atoms with Crippen molar-refractivity contribution in [3.63, 3.8) is 0 Å². The van der Waals surface area contributed by atoms with Gasteiger partial charge >= 0.3 is 0 Å². The van der Waals surface area contributed by atoms with Crippen molar-refractivity contribution >= 4 is 5.69 Å². The van der Waals surface area contributed by atoms with E-state index in [1.165, 1.54) is 18.5 Å². The van der Waals surface area contributed by atoms with Crippen LogP contribution in [0.3, 0.4) is 0 Å². The number of hydrogen-bond acceptors (Lipinski definition) is 3. The third kappa shape index (κ3) is 1.87. The maximum Gasteiger partial charge on any atom is 0.0399 e. The van der Waals surface area contributed by atoms with Crippen molar-refractivity contribution in [1.82, 2.24) is 4.98 Å². The van der Waals surface area contributed by atoms with Crippen LogP contribution in [-0.2, 0) is 0 Å². The fourth-order valence-electron chi connectivity index (χ4n) is 2.20. The largest absolute Gasteiger partial charge is 0.368 e. The molecule has 1 aromatic rings. The van der Waals surface area contributed by atoms with E-state index in [1.54, 1.807) is 0 Å². The van der Waals surface area contributed by atoms with E-state index >= 15 is 0 Å². The molecule has 0 aromatic carbocycles. The van der Waals surface area contributed by atoms with Gasteiger partial charge in [-0.05, 0) is 37.9 Å². The van der Waals surface area contributed by atoms with Crippen molar-refractivity contribution in [2.24, 2.45) is 5.73 Å². The minimum Gasteiger partial charge on any atom is -0.368 e. The molecule has 0 spiro atoms. The van der Waals surface area contributed by atoms with Crippen LogP contribution in [0.5, 0.6) is 0 Å². The molecule has 3 heteroatoms. The Morgan fingerprint density at radius 2 is 2.21 bits per heavy atom. The number of pyridine rings is 1. The van der Waals surface area contributed by atoms with Crippen molar-refractivity contribution in [2.75, 3.05) is 18.0 Å². The zero-order valence-corrected chi connectivity index (χ0v) is 8.39. The zero-order chi connectivity index (χ0) is 9.80. The molecule has 0 saturated carbocycles. The highest BCUT2D eigenvalue weighted by Crippen LogP contribution is 2.26. The third-order valence-corrected chi connectivity index (χ3v) is 2.87. The van der Waals surface area contributed by atoms with Crippen molar-refractivity contribution in [1.29, 1.82) is 0 Å². The lowest BCUT2D eigenvalue weighted by Crippen LogP contribution is -2.30. The van der Waals surface area contributed by atoms with E-state index in [-0.39, 0.29) is 0 Å². The quantitative estimate of drug-likeness (QED) is 0.785. The highest BCUT2D eigenvalue weighted by atomic mass is 15.2. The summed E-state index contributed by atoms with van der Waals surface area (Å²) >= 11 is 0. The SMILES string of the molecule is NCCC1CCCN1c1ccncc1. The second-order valence-corrected chi connectivity index (χ2v) is 3.77. The Kier molecular flexibility index (Phi) is 2.99. The lowest BCUT2D eigenvalue weighted by molar-refractivity contribution is 0.618. The Hall–Kier alpha value is -1.09. The Morgan fingerprint density at radius 1 is 1.43 bits per heavy atom. The van der Waals surface area contributed by atoms with Gasteiger partial charge in [-0.25, -0.2) is 0 Å². The molecule has 1 aliphatic rings. The molecule has 0 radical (unpaired) electrons. The molecule has 0 aliphatic carbocycles. The van der Waals surface area contributed by atoms with Crippen LogP contribution < -0.4 is 10.6 Å². The predicted octanol–water partition coefficient (Wildman–Crippen LogP) is 1.40. The number of nitrogens with zero attached hydrogens (tertiary/aromatic N) is 2. The summed E-state index contributed by atoms with van der Waals surface area (Å²) in [7, 11) is 0. The van der Waals surface area contributed by atoms with Crippen molar-refractivity contribution in [2.45, 2.75) is 25.3 Å². The van der Waals surface area contributed by atoms with Gasteiger partial charge in [0.15, 0.2) is 0 Å². The van der Waals surface area contributed by atoms with Crippen molar-refractivity contribution in [3.8, 4) is 0 Å². The maximum absolute atomic E-state index is 5.61. The van der Waals surface area contributed by atoms with Crippen molar-refractivity contribution < 1.29 is 0 Å². The molecule has 0 bridgehead atoms. The topological polar surface area (TPSA) is 42.1 Å². The van der Waals surface area contributed by atoms with Crippen LogP contribution in [0, 0.1) is 0 Å². The number of rotatable bonds is 3. The Morgan fingerprint density at radius 3 is 2.93 bits per heavy atom. The van der Waals surface area contributed by atoms with Crippen LogP contribution in [0.1, 0.15) is 19.3 Å². The van der Waals surface area contributed by atoms with E-state index in [9.17, 15) is 0 Å². The molecule has 1 fully saturated rings. The summed E-state index contributed by atoms with van der Waals surface area (Å²) in [5, 5.41) is 0. The second kappa shape index (κ2) is 4.42. The van der Waals surface area contributed by atoms with Crippen LogP contribution in [0.2, 0.25) is 0 Å². The van der Waals surface area contributed by atoms with Gasteiger partial charge in [0, 0.05) is 30.7 Å². The first kappa shape index (κ1) is 9.46. The molecule has 76 valence electrons. The minimum atomic E-state index is 0.641. The fourth-order valence-corrected chi connectivity index (χ4v) is 2.20. The molecule has 2 heterocycles. The van der Waals surface area contributed by atoms with Crippen LogP contribution in [0.15, 0.2) is 24.5 Å². The first-order chi connectivity index (χ1) is 6.92. The smallest absolute Gasteiger partial charge is 0.0399 e. The molecule has 1 unspecified atom stereocenters. The number of anilines is 1. The summed E-state index contributed by atoms with van der Waals surface area (Å²) in [6.45, 7) is 1.95. The van der Waals surface area contributed by atoms with Crippen LogP contribution in [0.4, 0.5) is 5.69 Å². The first-order valence-corrected chi connectivity index (χ1v) is 5.28. The van der Waals surface area contributed by atoms with Gasteiger partial charge in [-0.3, -0.25) is 4.98 Å². The van der Waals surface area contributed by atoms with Gasteiger partial charge in [-0.2, -0.15) is 0 Å². The summed E-state index contributed by atoms with van der Waals surface area (Å²) < 4.78 is 0. The van der Waals surface area contributed by atoms with E-state index < -0.39 is 0 Å². The Balaban J connectivity index is 2.10. The number of nitrogens with two attached hydrogens (primary N) is 1. The zero-order valence-electron chi connectivity index (χ0n) is 8.39. The van der Waals surface area contributed by atoms with Gasteiger partial charge in [0.25, 0.3) is 0 Å². The standard InChI is InChI=1S/C11H17N3/c12-6-3-10-2-1-9-14(10)11-4-7-13-8-5-11/h4-5,7-8,10H,1-3,6,9,12H2. The molecular formula is C11H17N3. The van der Waals surface area contributed by atoms with E-state index in [1.807, 2.05) is 12.4 Å². The van der Waals surface area contributed by atoms with E-state index in [4.69, 9.17) is 5.73 Å². The summed E-state index contributed by atoms with van der Waals surface area (Å²) in [5.74, 6) is 0. The molecule has 1 aliphatic heterocycles. The van der Waals surface area contributed by atoms with Crippen LogP contribution in [-0.4, -0.2) is 24.1 Å². The molecule has 1 atom stereocenters.